The van der Waals surface area contributed by atoms with E-state index in [0.717, 1.165) is 23.2 Å². The number of rotatable bonds is 4. The topological polar surface area (TPSA) is 61.4 Å². The first-order valence-electron chi connectivity index (χ1n) is 9.51. The Morgan fingerprint density at radius 3 is 2.10 bits per heavy atom. The summed E-state index contributed by atoms with van der Waals surface area (Å²) >= 11 is 12.1. The average molecular weight is 472 g/mol. The molecule has 2 rings (SSSR count). The summed E-state index contributed by atoms with van der Waals surface area (Å²) in [6.45, 7) is 9.55. The number of nitrogens with zero attached hydrogens (tertiary/aromatic N) is 1. The van der Waals surface area contributed by atoms with E-state index in [4.69, 9.17) is 23.2 Å². The third-order valence-corrected chi connectivity index (χ3v) is 4.71. The molecule has 0 unspecified atom stereocenters. The van der Waals surface area contributed by atoms with E-state index in [-0.39, 0.29) is 26.7 Å². The largest absolute Gasteiger partial charge is 0.338 e. The van der Waals surface area contributed by atoms with Crippen LogP contribution in [0.2, 0.25) is 10.0 Å². The lowest BCUT2D eigenvalue weighted by molar-refractivity contribution is 0.0296. The van der Waals surface area contributed by atoms with Crippen LogP contribution in [0.1, 0.15) is 51.4 Å². The number of amides is 3. The lowest BCUT2D eigenvalue weighted by Gasteiger charge is -2.42. The fraction of sp³-hybridized carbons (Fsp3) is 0.364. The lowest BCUT2D eigenvalue weighted by atomic mass is 9.81. The molecule has 2 aromatic rings. The quantitative estimate of drug-likeness (QED) is 0.489. The number of urea groups is 1. The number of hydrogen-bond acceptors (Lipinski definition) is 2. The second kappa shape index (κ2) is 9.40. The highest BCUT2D eigenvalue weighted by Crippen LogP contribution is 2.32. The van der Waals surface area contributed by atoms with E-state index in [1.54, 1.807) is 13.8 Å². The monoisotopic (exact) mass is 471 g/mol. The molecule has 0 aliphatic rings. The highest BCUT2D eigenvalue weighted by molar-refractivity contribution is 6.35. The smallest absolute Gasteiger partial charge is 0.304 e. The van der Waals surface area contributed by atoms with Crippen LogP contribution in [0.5, 0.6) is 0 Å². The number of carbonyl (C=O) groups is 2. The molecule has 2 N–H and O–H groups in total. The van der Waals surface area contributed by atoms with Crippen molar-refractivity contribution in [2.75, 3.05) is 5.32 Å². The summed E-state index contributed by atoms with van der Waals surface area (Å²) < 4.78 is 27.3. The van der Waals surface area contributed by atoms with Crippen molar-refractivity contribution in [3.8, 4) is 0 Å². The van der Waals surface area contributed by atoms with Crippen LogP contribution in [-0.2, 0) is 0 Å². The van der Waals surface area contributed by atoms with Crippen molar-refractivity contribution < 1.29 is 18.4 Å². The number of benzene rings is 2. The number of carbonyl (C=O) groups excluding carboxylic acids is 2. The molecular weight excluding hydrogens is 447 g/mol. The van der Waals surface area contributed by atoms with Crippen molar-refractivity contribution in [1.82, 2.24) is 10.4 Å². The van der Waals surface area contributed by atoms with Gasteiger partial charge in [-0.05, 0) is 56.0 Å². The highest BCUT2D eigenvalue weighted by atomic mass is 35.5. The summed E-state index contributed by atoms with van der Waals surface area (Å²) in [6, 6.07) is 6.11. The van der Waals surface area contributed by atoms with E-state index in [1.807, 2.05) is 20.8 Å². The summed E-state index contributed by atoms with van der Waals surface area (Å²) in [5, 5.41) is 3.90. The van der Waals surface area contributed by atoms with Gasteiger partial charge < -0.3 is 5.32 Å². The van der Waals surface area contributed by atoms with Crippen molar-refractivity contribution in [1.29, 1.82) is 0 Å². The van der Waals surface area contributed by atoms with Gasteiger partial charge in [0.05, 0.1) is 11.2 Å². The molecule has 31 heavy (non-hydrogen) atoms. The fourth-order valence-electron chi connectivity index (χ4n) is 3.51. The number of nitrogens with one attached hydrogen (secondary N) is 2. The zero-order valence-electron chi connectivity index (χ0n) is 17.9. The van der Waals surface area contributed by atoms with E-state index >= 15 is 0 Å². The van der Waals surface area contributed by atoms with E-state index in [0.29, 0.717) is 6.42 Å². The molecule has 168 valence electrons. The molecule has 0 atom stereocenters. The third kappa shape index (κ3) is 7.08. The van der Waals surface area contributed by atoms with Crippen molar-refractivity contribution in [2.24, 2.45) is 5.41 Å². The van der Waals surface area contributed by atoms with Gasteiger partial charge in [-0.3, -0.25) is 4.79 Å². The molecule has 0 heterocycles. The second-order valence-corrected chi connectivity index (χ2v) is 9.91. The molecule has 9 heteroatoms. The summed E-state index contributed by atoms with van der Waals surface area (Å²) in [5.74, 6) is -2.09. The molecule has 0 spiro atoms. The van der Waals surface area contributed by atoms with Gasteiger partial charge in [0.2, 0.25) is 0 Å². The zero-order chi connectivity index (χ0) is 23.6. The summed E-state index contributed by atoms with van der Waals surface area (Å²) in [5.41, 5.74) is 1.22. The Labute approximate surface area is 190 Å². The van der Waals surface area contributed by atoms with Crippen LogP contribution in [0.4, 0.5) is 19.3 Å². The van der Waals surface area contributed by atoms with Crippen molar-refractivity contribution >= 4 is 40.8 Å². The summed E-state index contributed by atoms with van der Waals surface area (Å²) in [7, 11) is 0. The van der Waals surface area contributed by atoms with Gasteiger partial charge in [-0.25, -0.2) is 24.0 Å². The predicted molar refractivity (Wildman–Crippen MR) is 119 cm³/mol. The number of hydrogen-bond donors (Lipinski definition) is 2. The number of hydrazine groups is 1. The molecule has 0 radical (unpaired) electrons. The van der Waals surface area contributed by atoms with Gasteiger partial charge in [0.1, 0.15) is 11.6 Å². The van der Waals surface area contributed by atoms with Gasteiger partial charge in [0.15, 0.2) is 0 Å². The lowest BCUT2D eigenvalue weighted by Crippen LogP contribution is -2.59. The summed E-state index contributed by atoms with van der Waals surface area (Å²) in [6.07, 6.45) is 0.509. The van der Waals surface area contributed by atoms with Crippen molar-refractivity contribution in [3.63, 3.8) is 0 Å². The molecule has 0 saturated heterocycles. The van der Waals surface area contributed by atoms with Gasteiger partial charge in [-0.1, -0.05) is 44.0 Å². The first-order valence-corrected chi connectivity index (χ1v) is 10.3. The molecule has 0 aliphatic heterocycles. The second-order valence-electron chi connectivity index (χ2n) is 9.04. The Kier molecular flexibility index (Phi) is 7.55. The van der Waals surface area contributed by atoms with Gasteiger partial charge in [-0.2, -0.15) is 0 Å². The zero-order valence-corrected chi connectivity index (χ0v) is 19.5. The maximum atomic E-state index is 13.9. The van der Waals surface area contributed by atoms with Gasteiger partial charge in [0, 0.05) is 21.7 Å². The average Bonchev–Trinajstić information content (AvgIpc) is 2.59. The number of halogens is 4. The Bertz CT molecular complexity index is 971. The molecule has 3 amide bonds. The molecule has 0 saturated carbocycles. The molecular formula is C22H25Cl2F2N3O2. The minimum Gasteiger partial charge on any atom is -0.304 e. The third-order valence-electron chi connectivity index (χ3n) is 4.27. The molecule has 0 bridgehead atoms. The van der Waals surface area contributed by atoms with Crippen LogP contribution in [0.15, 0.2) is 36.4 Å². The minimum atomic E-state index is -0.909. The van der Waals surface area contributed by atoms with E-state index in [1.165, 1.54) is 18.2 Å². The van der Waals surface area contributed by atoms with Crippen LogP contribution < -0.4 is 10.7 Å². The van der Waals surface area contributed by atoms with Gasteiger partial charge in [-0.15, -0.1) is 0 Å². The SMILES string of the molecule is CC(C)(C)CC(C)(C)N(NC(=O)Nc1cc(F)ccc1F)C(=O)c1cc(Cl)cc(Cl)c1. The standard InChI is InChI=1S/C22H25Cl2F2N3O2/c1-21(2,3)12-22(4,5)29(19(30)13-8-14(23)10-15(24)9-13)28-20(31)27-18-11-16(25)6-7-17(18)26/h6-11H,12H2,1-5H3,(H2,27,28,31). The van der Waals surface area contributed by atoms with Crippen LogP contribution in [0.3, 0.4) is 0 Å². The molecule has 0 fully saturated rings. The van der Waals surface area contributed by atoms with Crippen molar-refractivity contribution in [3.05, 3.63) is 63.6 Å². The first kappa shape index (κ1) is 24.9. The highest BCUT2D eigenvalue weighted by Gasteiger charge is 2.37. The Morgan fingerprint density at radius 2 is 1.55 bits per heavy atom. The Balaban J connectivity index is 2.38. The molecule has 0 aliphatic carbocycles. The van der Waals surface area contributed by atoms with Crippen LogP contribution in [-0.4, -0.2) is 22.5 Å². The predicted octanol–water partition coefficient (Wildman–Crippen LogP) is 6.67. The normalized spacial score (nSPS) is 11.8. The summed E-state index contributed by atoms with van der Waals surface area (Å²) in [4.78, 5) is 25.9. The van der Waals surface area contributed by atoms with E-state index in [2.05, 4.69) is 10.7 Å². The van der Waals surface area contributed by atoms with Crippen LogP contribution in [0.25, 0.3) is 0 Å². The van der Waals surface area contributed by atoms with Crippen LogP contribution >= 0.6 is 23.2 Å². The Hall–Kier alpha value is -2.38. The van der Waals surface area contributed by atoms with Gasteiger partial charge in [0.25, 0.3) is 5.91 Å². The van der Waals surface area contributed by atoms with Gasteiger partial charge >= 0.3 is 6.03 Å². The Morgan fingerprint density at radius 1 is 0.968 bits per heavy atom. The molecule has 2 aromatic carbocycles. The first-order chi connectivity index (χ1) is 14.2. The van der Waals surface area contributed by atoms with Crippen molar-refractivity contribution in [2.45, 2.75) is 46.6 Å². The van der Waals surface area contributed by atoms with E-state index in [9.17, 15) is 18.4 Å². The van der Waals surface area contributed by atoms with E-state index < -0.39 is 29.1 Å². The fourth-order valence-corrected chi connectivity index (χ4v) is 4.03. The maximum Gasteiger partial charge on any atom is 0.338 e. The molecule has 5 nitrogen and oxygen atoms in total. The van der Waals surface area contributed by atoms with Crippen LogP contribution in [0, 0.1) is 17.0 Å². The maximum absolute atomic E-state index is 13.9. The minimum absolute atomic E-state index is 0.164. The molecule has 0 aromatic heterocycles. The number of anilines is 1.